The number of aromatic hydroxyl groups is 3. The molecule has 5 nitrogen and oxygen atoms in total. The van der Waals surface area contributed by atoms with E-state index in [-0.39, 0.29) is 44.6 Å². The van der Waals surface area contributed by atoms with Crippen molar-refractivity contribution in [2.24, 2.45) is 5.73 Å². The van der Waals surface area contributed by atoms with E-state index in [1.54, 1.807) is 13.0 Å². The van der Waals surface area contributed by atoms with Gasteiger partial charge in [-0.15, -0.1) is 0 Å². The predicted molar refractivity (Wildman–Crippen MR) is 85.5 cm³/mol. The fraction of sp³-hybridized carbons (Fsp3) is 0.0556. The van der Waals surface area contributed by atoms with Crippen molar-refractivity contribution in [3.63, 3.8) is 0 Å². The number of benzene rings is 2. The zero-order valence-corrected chi connectivity index (χ0v) is 12.1. The maximum absolute atomic E-state index is 12.3. The Balaban J connectivity index is 2.31. The van der Waals surface area contributed by atoms with Crippen LogP contribution in [0.15, 0.2) is 24.3 Å². The van der Waals surface area contributed by atoms with E-state index in [0.717, 1.165) is 11.6 Å². The fourth-order valence-electron chi connectivity index (χ4n) is 3.21. The van der Waals surface area contributed by atoms with Gasteiger partial charge in [-0.2, -0.15) is 0 Å². The first-order chi connectivity index (χ1) is 11.7. The molecule has 0 radical (unpaired) electrons. The molecule has 0 fully saturated rings. The van der Waals surface area contributed by atoms with Gasteiger partial charge in [-0.1, -0.05) is 12.1 Å². The molecule has 4 rings (SSSR count). The minimum absolute atomic E-state index is 0.0306. The van der Waals surface area contributed by atoms with Gasteiger partial charge in [0.2, 0.25) is 0 Å². The van der Waals surface area contributed by atoms with E-state index < -0.39 is 23.3 Å². The molecule has 0 unspecified atom stereocenters. The lowest BCUT2D eigenvalue weighted by atomic mass is 9.94. The summed E-state index contributed by atoms with van der Waals surface area (Å²) in [5, 5.41) is 31.6. The zero-order chi connectivity index (χ0) is 18.2. The molecule has 0 atom stereocenters. The monoisotopic (exact) mass is 309 g/mol. The highest BCUT2D eigenvalue weighted by molar-refractivity contribution is 6.11. The van der Waals surface area contributed by atoms with E-state index in [1.807, 2.05) is 0 Å². The van der Waals surface area contributed by atoms with E-state index >= 15 is 0 Å². The molecule has 0 amide bonds. The van der Waals surface area contributed by atoms with Crippen LogP contribution in [0, 0.1) is 6.92 Å². The van der Waals surface area contributed by atoms with Crippen LogP contribution in [-0.4, -0.2) is 21.1 Å². The van der Waals surface area contributed by atoms with Gasteiger partial charge in [-0.05, 0) is 30.7 Å². The van der Waals surface area contributed by atoms with Crippen LogP contribution in [0.2, 0.25) is 0 Å². The smallest absolute Gasteiger partial charge is 0.190 e. The topological polar surface area (TPSA) is 104 Å². The normalized spacial score (nSPS) is 16.4. The highest BCUT2D eigenvalue weighted by Crippen LogP contribution is 2.42. The summed E-state index contributed by atoms with van der Waals surface area (Å²) in [6, 6.07) is 2.47. The first-order valence-corrected chi connectivity index (χ1v) is 6.90. The Kier molecular flexibility index (Phi) is 2.06. The third kappa shape index (κ3) is 1.53. The Hall–Kier alpha value is -3.21. The molecule has 5 heteroatoms. The second kappa shape index (κ2) is 4.16. The van der Waals surface area contributed by atoms with Crippen LogP contribution < -0.4 is 16.2 Å². The summed E-state index contributed by atoms with van der Waals surface area (Å²) in [4.78, 5) is 12.3. The molecule has 23 heavy (non-hydrogen) atoms. The van der Waals surface area contributed by atoms with Crippen LogP contribution in [0.4, 0.5) is 0 Å². The summed E-state index contributed by atoms with van der Waals surface area (Å²) in [7, 11) is 0. The van der Waals surface area contributed by atoms with Crippen LogP contribution in [0.3, 0.4) is 0 Å². The number of hydrogen-bond donors (Lipinski definition) is 4. The molecule has 2 aliphatic carbocycles. The molecule has 0 bridgehead atoms. The second-order valence-electron chi connectivity index (χ2n) is 5.58. The number of fused-ring (bicyclic) bond motifs is 4. The highest BCUT2D eigenvalue weighted by Gasteiger charge is 2.31. The van der Waals surface area contributed by atoms with Crippen molar-refractivity contribution < 1.29 is 22.9 Å². The average Bonchev–Trinajstić information content (AvgIpc) is 2.82. The standard InChI is InChI=1S/C18H13NO4/c1-7-5-9-12(11(21)6-7)14-15(16(9)19)18(23)13-8(17(14)22)3-2-4-10(13)20/h2-6,21-23H,19H2,1H3/i3D,4D. The van der Waals surface area contributed by atoms with Crippen LogP contribution >= 0.6 is 0 Å². The molecule has 0 aromatic heterocycles. The number of phenols is 3. The van der Waals surface area contributed by atoms with E-state index in [0.29, 0.717) is 5.56 Å². The molecule has 0 aliphatic heterocycles. The largest absolute Gasteiger partial charge is 0.507 e. The molecular formula is C18H13NO4. The summed E-state index contributed by atoms with van der Waals surface area (Å²) >= 11 is 0. The van der Waals surface area contributed by atoms with Crippen LogP contribution in [0.1, 0.15) is 24.2 Å². The van der Waals surface area contributed by atoms with Gasteiger partial charge in [0.15, 0.2) is 5.78 Å². The fourth-order valence-corrected chi connectivity index (χ4v) is 3.21. The number of ketones is 1. The number of carbonyl (C=O) groups is 1. The predicted octanol–water partition coefficient (Wildman–Crippen LogP) is 0.740. The molecule has 5 N–H and O–H groups in total. The molecule has 0 saturated heterocycles. The lowest BCUT2D eigenvalue weighted by molar-refractivity contribution is 0.104. The average molecular weight is 309 g/mol. The number of allylic oxidation sites excluding steroid dienone is 2. The van der Waals surface area contributed by atoms with Gasteiger partial charge in [0, 0.05) is 21.9 Å². The summed E-state index contributed by atoms with van der Waals surface area (Å²) in [5.74, 6) is -1.85. The SMILES string of the molecule is [2H]C1=CC([2H])=c2c(O)c3c(c(O)c2C1=O)=C(N)c1cc(C)cc(O)c1-3. The van der Waals surface area contributed by atoms with E-state index in [2.05, 4.69) is 0 Å². The molecule has 0 saturated carbocycles. The summed E-state index contributed by atoms with van der Waals surface area (Å²) in [6.07, 6.45) is 1.01. The maximum atomic E-state index is 12.3. The van der Waals surface area contributed by atoms with E-state index in [9.17, 15) is 20.1 Å². The van der Waals surface area contributed by atoms with Gasteiger partial charge < -0.3 is 21.1 Å². The third-order valence-electron chi connectivity index (χ3n) is 4.17. The Morgan fingerprint density at radius 2 is 1.83 bits per heavy atom. The molecule has 0 spiro atoms. The quantitative estimate of drug-likeness (QED) is 0.537. The number of carbonyl (C=O) groups excluding carboxylic acids is 1. The van der Waals surface area contributed by atoms with E-state index in [4.69, 9.17) is 8.48 Å². The second-order valence-corrected chi connectivity index (χ2v) is 5.58. The van der Waals surface area contributed by atoms with Crippen molar-refractivity contribution in [2.75, 3.05) is 0 Å². The maximum Gasteiger partial charge on any atom is 0.190 e. The number of rotatable bonds is 0. The van der Waals surface area contributed by atoms with Gasteiger partial charge in [0.25, 0.3) is 0 Å². The van der Waals surface area contributed by atoms with Crippen LogP contribution in [-0.2, 0) is 0 Å². The van der Waals surface area contributed by atoms with Crippen molar-refractivity contribution in [3.8, 4) is 28.4 Å². The molecule has 2 aliphatic rings. The molecule has 2 aromatic carbocycles. The van der Waals surface area contributed by atoms with Gasteiger partial charge in [0.1, 0.15) is 17.2 Å². The first-order valence-electron chi connectivity index (χ1n) is 7.90. The van der Waals surface area contributed by atoms with Gasteiger partial charge in [-0.3, -0.25) is 4.79 Å². The van der Waals surface area contributed by atoms with Crippen molar-refractivity contribution in [1.29, 1.82) is 0 Å². The van der Waals surface area contributed by atoms with Crippen molar-refractivity contribution in [1.82, 2.24) is 0 Å². The van der Waals surface area contributed by atoms with Gasteiger partial charge in [0.05, 0.1) is 19.2 Å². The number of nitrogens with two attached hydrogens (primary N) is 1. The highest BCUT2D eigenvalue weighted by atomic mass is 16.3. The summed E-state index contributed by atoms with van der Waals surface area (Å²) in [6.45, 7) is 1.76. The summed E-state index contributed by atoms with van der Waals surface area (Å²) < 4.78 is 15.6. The Morgan fingerprint density at radius 3 is 2.57 bits per heavy atom. The van der Waals surface area contributed by atoms with Gasteiger partial charge in [-0.25, -0.2) is 0 Å². The molecular weight excluding hydrogens is 294 g/mol. The first kappa shape index (κ1) is 11.4. The molecule has 0 heterocycles. The number of hydrogen-bond acceptors (Lipinski definition) is 5. The van der Waals surface area contributed by atoms with Crippen molar-refractivity contribution in [2.45, 2.75) is 6.92 Å². The Morgan fingerprint density at radius 1 is 1.09 bits per heavy atom. The van der Waals surface area contributed by atoms with Crippen molar-refractivity contribution >= 4 is 17.5 Å². The Bertz CT molecular complexity index is 1180. The van der Waals surface area contributed by atoms with Crippen LogP contribution in [0.5, 0.6) is 17.2 Å². The molecule has 114 valence electrons. The van der Waals surface area contributed by atoms with Crippen molar-refractivity contribution in [3.05, 3.63) is 51.4 Å². The Labute approximate surface area is 133 Å². The van der Waals surface area contributed by atoms with Crippen LogP contribution in [0.25, 0.3) is 22.9 Å². The minimum atomic E-state index is -0.800. The minimum Gasteiger partial charge on any atom is -0.507 e. The third-order valence-corrected chi connectivity index (χ3v) is 4.17. The zero-order valence-electron chi connectivity index (χ0n) is 14.1. The summed E-state index contributed by atoms with van der Waals surface area (Å²) in [5.41, 5.74) is 7.40. The molecule has 2 aromatic rings. The van der Waals surface area contributed by atoms with Gasteiger partial charge >= 0.3 is 0 Å². The van der Waals surface area contributed by atoms with E-state index in [1.165, 1.54) is 6.07 Å². The lowest BCUT2D eigenvalue weighted by Gasteiger charge is -2.12. The lowest BCUT2D eigenvalue weighted by Crippen LogP contribution is -2.24. The number of aryl methyl sites for hydroxylation is 1. The number of phenolic OH excluding ortho intramolecular Hbond substituents is 3.